The monoisotopic (exact) mass is 318 g/mol. The Hall–Kier alpha value is -1.31. The van der Waals surface area contributed by atoms with Crippen molar-refractivity contribution >= 4 is 21.8 Å². The molecule has 0 spiro atoms. The Morgan fingerprint density at radius 3 is 2.62 bits per heavy atom. The molecule has 2 saturated heterocycles. The number of aliphatic carboxylic acids is 1. The summed E-state index contributed by atoms with van der Waals surface area (Å²) < 4.78 is 22.8. The van der Waals surface area contributed by atoms with E-state index in [4.69, 9.17) is 5.11 Å². The molecule has 0 bridgehead atoms. The topological polar surface area (TPSA) is 104 Å². The number of urea groups is 1. The summed E-state index contributed by atoms with van der Waals surface area (Å²) in [5.41, 5.74) is 0. The standard InChI is InChI=1S/C13H22N2O5S/c16-12(17)5-4-11-3-1-2-7-15(11)13(18)14-10-6-8-21(19,20)9-10/h10-11H,1-9H2,(H,14,18)(H,16,17). The SMILES string of the molecule is O=C(O)CCC1CCCCN1C(=O)NC1CCS(=O)(=O)C1. The van der Waals surface area contributed by atoms with Crippen molar-refractivity contribution in [1.82, 2.24) is 10.2 Å². The van der Waals surface area contributed by atoms with Gasteiger partial charge in [-0.25, -0.2) is 13.2 Å². The van der Waals surface area contributed by atoms with Gasteiger partial charge in [0.15, 0.2) is 9.84 Å². The second-order valence-corrected chi connectivity index (χ2v) is 8.05. The molecule has 0 saturated carbocycles. The Morgan fingerprint density at radius 1 is 1.24 bits per heavy atom. The largest absolute Gasteiger partial charge is 0.481 e. The summed E-state index contributed by atoms with van der Waals surface area (Å²) in [6.07, 6.45) is 3.66. The summed E-state index contributed by atoms with van der Waals surface area (Å²) in [5, 5.41) is 11.6. The summed E-state index contributed by atoms with van der Waals surface area (Å²) in [6.45, 7) is 0.607. The van der Waals surface area contributed by atoms with Gasteiger partial charge >= 0.3 is 12.0 Å². The van der Waals surface area contributed by atoms with Crippen molar-refractivity contribution in [3.63, 3.8) is 0 Å². The highest BCUT2D eigenvalue weighted by Gasteiger charge is 2.32. The van der Waals surface area contributed by atoms with Crippen LogP contribution in [0.1, 0.15) is 38.5 Å². The number of carbonyl (C=O) groups excluding carboxylic acids is 1. The lowest BCUT2D eigenvalue weighted by Crippen LogP contribution is -2.51. The number of carbonyl (C=O) groups is 2. The first kappa shape index (κ1) is 16.1. The van der Waals surface area contributed by atoms with E-state index >= 15 is 0 Å². The second-order valence-electron chi connectivity index (χ2n) is 5.82. The maximum Gasteiger partial charge on any atom is 0.317 e. The summed E-state index contributed by atoms with van der Waals surface area (Å²) in [5.74, 6) is -0.727. The van der Waals surface area contributed by atoms with Crippen LogP contribution in [-0.4, -0.2) is 60.6 Å². The molecule has 2 atom stereocenters. The van der Waals surface area contributed by atoms with Crippen LogP contribution in [-0.2, 0) is 14.6 Å². The van der Waals surface area contributed by atoms with E-state index in [-0.39, 0.29) is 36.0 Å². The molecule has 0 aliphatic carbocycles. The fourth-order valence-corrected chi connectivity index (χ4v) is 4.70. The van der Waals surface area contributed by atoms with Gasteiger partial charge in [0.2, 0.25) is 0 Å². The minimum Gasteiger partial charge on any atom is -0.481 e. The van der Waals surface area contributed by atoms with Crippen LogP contribution in [0.3, 0.4) is 0 Å². The van der Waals surface area contributed by atoms with Crippen LogP contribution in [0.2, 0.25) is 0 Å². The number of sulfone groups is 1. The molecule has 7 nitrogen and oxygen atoms in total. The lowest BCUT2D eigenvalue weighted by atomic mass is 9.98. The Bertz CT molecular complexity index is 505. The van der Waals surface area contributed by atoms with Gasteiger partial charge in [-0.3, -0.25) is 4.79 Å². The molecule has 2 fully saturated rings. The van der Waals surface area contributed by atoms with E-state index in [0.29, 0.717) is 19.4 Å². The Kier molecular flexibility index (Phi) is 5.08. The van der Waals surface area contributed by atoms with Gasteiger partial charge in [0.05, 0.1) is 11.5 Å². The van der Waals surface area contributed by atoms with E-state index in [0.717, 1.165) is 19.3 Å². The van der Waals surface area contributed by atoms with Gasteiger partial charge in [-0.05, 0) is 32.1 Å². The van der Waals surface area contributed by atoms with Crippen molar-refractivity contribution in [2.24, 2.45) is 0 Å². The molecular formula is C13H22N2O5S. The molecule has 120 valence electrons. The zero-order valence-corrected chi connectivity index (χ0v) is 12.8. The minimum absolute atomic E-state index is 0.00632. The lowest BCUT2D eigenvalue weighted by Gasteiger charge is -2.36. The number of hydrogen-bond acceptors (Lipinski definition) is 4. The quantitative estimate of drug-likeness (QED) is 0.790. The third kappa shape index (κ3) is 4.59. The maximum atomic E-state index is 12.3. The lowest BCUT2D eigenvalue weighted by molar-refractivity contribution is -0.137. The molecule has 2 aliphatic rings. The fraction of sp³-hybridized carbons (Fsp3) is 0.846. The molecule has 2 amide bonds. The van der Waals surface area contributed by atoms with Crippen LogP contribution >= 0.6 is 0 Å². The molecule has 2 rings (SSSR count). The number of nitrogens with one attached hydrogen (secondary N) is 1. The van der Waals surface area contributed by atoms with E-state index in [1.165, 1.54) is 0 Å². The minimum atomic E-state index is -3.02. The van der Waals surface area contributed by atoms with E-state index < -0.39 is 15.8 Å². The first-order chi connectivity index (χ1) is 9.87. The molecule has 0 aromatic rings. The van der Waals surface area contributed by atoms with Gasteiger partial charge < -0.3 is 15.3 Å². The van der Waals surface area contributed by atoms with Crippen LogP contribution in [0, 0.1) is 0 Å². The highest BCUT2D eigenvalue weighted by Crippen LogP contribution is 2.21. The van der Waals surface area contributed by atoms with Gasteiger partial charge in [0.1, 0.15) is 0 Å². The zero-order valence-electron chi connectivity index (χ0n) is 12.0. The number of amides is 2. The average Bonchev–Trinajstić information content (AvgIpc) is 2.75. The molecule has 2 aliphatic heterocycles. The van der Waals surface area contributed by atoms with E-state index in [1.807, 2.05) is 0 Å². The van der Waals surface area contributed by atoms with Crippen LogP contribution in [0.4, 0.5) is 4.79 Å². The number of nitrogens with zero attached hydrogens (tertiary/aromatic N) is 1. The maximum absolute atomic E-state index is 12.3. The Balaban J connectivity index is 1.90. The van der Waals surface area contributed by atoms with Crippen molar-refractivity contribution in [3.8, 4) is 0 Å². The predicted octanol–water partition coefficient (Wildman–Crippen LogP) is 0.602. The van der Waals surface area contributed by atoms with Gasteiger partial charge in [0, 0.05) is 25.0 Å². The van der Waals surface area contributed by atoms with Crippen molar-refractivity contribution in [2.75, 3.05) is 18.1 Å². The van der Waals surface area contributed by atoms with Gasteiger partial charge in [-0.2, -0.15) is 0 Å². The zero-order chi connectivity index (χ0) is 15.5. The predicted molar refractivity (Wildman–Crippen MR) is 76.8 cm³/mol. The summed E-state index contributed by atoms with van der Waals surface area (Å²) in [7, 11) is -3.02. The van der Waals surface area contributed by atoms with E-state index in [9.17, 15) is 18.0 Å². The summed E-state index contributed by atoms with van der Waals surface area (Å²) >= 11 is 0. The van der Waals surface area contributed by atoms with Crippen LogP contribution < -0.4 is 5.32 Å². The smallest absolute Gasteiger partial charge is 0.317 e. The highest BCUT2D eigenvalue weighted by molar-refractivity contribution is 7.91. The summed E-state index contributed by atoms with van der Waals surface area (Å²) in [4.78, 5) is 24.7. The first-order valence-electron chi connectivity index (χ1n) is 7.37. The van der Waals surface area contributed by atoms with Crippen molar-refractivity contribution in [2.45, 2.75) is 50.6 Å². The molecule has 0 radical (unpaired) electrons. The van der Waals surface area contributed by atoms with Crippen LogP contribution in [0.5, 0.6) is 0 Å². The summed E-state index contributed by atoms with van der Waals surface area (Å²) in [6, 6.07) is -0.635. The third-order valence-corrected chi connectivity index (χ3v) is 5.91. The van der Waals surface area contributed by atoms with Gasteiger partial charge in [0.25, 0.3) is 0 Å². The Morgan fingerprint density at radius 2 is 2.00 bits per heavy atom. The molecule has 0 aromatic carbocycles. The third-order valence-electron chi connectivity index (χ3n) is 4.14. The molecule has 21 heavy (non-hydrogen) atoms. The number of hydrogen-bond donors (Lipinski definition) is 2. The first-order valence-corrected chi connectivity index (χ1v) is 9.19. The molecule has 8 heteroatoms. The van der Waals surface area contributed by atoms with Crippen LogP contribution in [0.25, 0.3) is 0 Å². The number of likely N-dealkylation sites (tertiary alicyclic amines) is 1. The fourth-order valence-electron chi connectivity index (χ4n) is 3.02. The van der Waals surface area contributed by atoms with E-state index in [1.54, 1.807) is 4.90 Å². The molecule has 2 heterocycles. The molecule has 2 unspecified atom stereocenters. The second kappa shape index (κ2) is 6.64. The van der Waals surface area contributed by atoms with Crippen molar-refractivity contribution in [1.29, 1.82) is 0 Å². The van der Waals surface area contributed by atoms with Gasteiger partial charge in [-0.15, -0.1) is 0 Å². The average molecular weight is 318 g/mol. The highest BCUT2D eigenvalue weighted by atomic mass is 32.2. The molecular weight excluding hydrogens is 296 g/mol. The number of rotatable bonds is 4. The normalized spacial score (nSPS) is 28.3. The molecule has 0 aromatic heterocycles. The van der Waals surface area contributed by atoms with Gasteiger partial charge in [-0.1, -0.05) is 0 Å². The number of carboxylic acids is 1. The Labute approximate surface area is 124 Å². The van der Waals surface area contributed by atoms with Crippen LogP contribution in [0.15, 0.2) is 0 Å². The van der Waals surface area contributed by atoms with Crippen molar-refractivity contribution in [3.05, 3.63) is 0 Å². The van der Waals surface area contributed by atoms with E-state index in [2.05, 4.69) is 5.32 Å². The number of piperidine rings is 1. The molecule has 2 N–H and O–H groups in total. The van der Waals surface area contributed by atoms with Crippen molar-refractivity contribution < 1.29 is 23.1 Å². The number of carboxylic acid groups (broad SMARTS) is 1.